The quantitative estimate of drug-likeness (QED) is 0.446. The van der Waals surface area contributed by atoms with Gasteiger partial charge in [-0.25, -0.2) is 0 Å². The first-order valence-electron chi connectivity index (χ1n) is 12.5. The van der Waals surface area contributed by atoms with Crippen LogP contribution in [0.3, 0.4) is 0 Å². The first kappa shape index (κ1) is 23.3. The molecule has 2 aliphatic heterocycles. The van der Waals surface area contributed by atoms with Crippen molar-refractivity contribution in [3.63, 3.8) is 0 Å². The molecule has 2 fully saturated rings. The lowest BCUT2D eigenvalue weighted by Crippen LogP contribution is -2.49. The number of para-hydroxylation sites is 1. The van der Waals surface area contributed by atoms with Crippen molar-refractivity contribution >= 4 is 11.0 Å². The molecule has 2 N–H and O–H groups in total. The molecule has 0 spiro atoms. The van der Waals surface area contributed by atoms with E-state index >= 15 is 0 Å². The summed E-state index contributed by atoms with van der Waals surface area (Å²) < 4.78 is 11.6. The highest BCUT2D eigenvalue weighted by molar-refractivity contribution is 5.79. The molecule has 2 saturated heterocycles. The zero-order valence-corrected chi connectivity index (χ0v) is 20.0. The summed E-state index contributed by atoms with van der Waals surface area (Å²) in [6.07, 6.45) is 2.26. The Labute approximate surface area is 201 Å². The third kappa shape index (κ3) is 5.78. The van der Waals surface area contributed by atoms with Gasteiger partial charge in [-0.1, -0.05) is 29.4 Å². The highest BCUT2D eigenvalue weighted by atomic mass is 16.5. The number of nitrogens with one attached hydrogen (secondary N) is 1. The predicted octanol–water partition coefficient (Wildman–Crippen LogP) is 3.27. The first-order valence-corrected chi connectivity index (χ1v) is 12.5. The second-order valence-corrected chi connectivity index (χ2v) is 9.90. The predicted molar refractivity (Wildman–Crippen MR) is 133 cm³/mol. The van der Waals surface area contributed by atoms with Gasteiger partial charge in [-0.05, 0) is 49.6 Å². The largest absolute Gasteiger partial charge is 0.493 e. The molecule has 7 nitrogen and oxygen atoms in total. The molecule has 0 bridgehead atoms. The maximum Gasteiger partial charge on any atom is 0.167 e. The maximum absolute atomic E-state index is 9.49. The lowest BCUT2D eigenvalue weighted by atomic mass is 9.94. The van der Waals surface area contributed by atoms with E-state index in [4.69, 9.17) is 9.26 Å². The Morgan fingerprint density at radius 3 is 2.88 bits per heavy atom. The van der Waals surface area contributed by atoms with Gasteiger partial charge in [0.05, 0.1) is 12.7 Å². The van der Waals surface area contributed by atoms with Crippen LogP contribution in [0.4, 0.5) is 0 Å². The van der Waals surface area contributed by atoms with E-state index < -0.39 is 0 Å². The van der Waals surface area contributed by atoms with Crippen LogP contribution < -0.4 is 10.1 Å². The maximum atomic E-state index is 9.49. The summed E-state index contributed by atoms with van der Waals surface area (Å²) in [6, 6.07) is 17.0. The summed E-state index contributed by atoms with van der Waals surface area (Å²) >= 11 is 0. The standard InChI is InChI=1S/C27H36N4O3/c1-20-9-10-22(19-33-24-6-4-5-21(13-24)15-30-17-23(32)18-30)16-31(20)12-11-28-14-26-25-7-2-3-8-27(25)34-29-26/h2-8,13,20,22-23,28,32H,9-12,14-19H2,1H3/t20-,22+/m0/s1. The number of fused-ring (bicyclic) bond motifs is 1. The van der Waals surface area contributed by atoms with E-state index in [9.17, 15) is 5.11 Å². The summed E-state index contributed by atoms with van der Waals surface area (Å²) in [4.78, 5) is 4.83. The lowest BCUT2D eigenvalue weighted by molar-refractivity contribution is -0.00290. The van der Waals surface area contributed by atoms with Gasteiger partial charge in [-0.2, -0.15) is 0 Å². The number of likely N-dealkylation sites (tertiary alicyclic amines) is 2. The van der Waals surface area contributed by atoms with E-state index in [1.54, 1.807) is 0 Å². The van der Waals surface area contributed by atoms with E-state index in [0.29, 0.717) is 12.0 Å². The van der Waals surface area contributed by atoms with Crippen LogP contribution in [0.1, 0.15) is 31.0 Å². The molecule has 1 aromatic heterocycles. The molecule has 0 saturated carbocycles. The number of rotatable bonds is 10. The molecule has 0 amide bonds. The van der Waals surface area contributed by atoms with Crippen LogP contribution in [0.5, 0.6) is 5.75 Å². The average molecular weight is 465 g/mol. The van der Waals surface area contributed by atoms with Gasteiger partial charge in [0.15, 0.2) is 5.58 Å². The smallest absolute Gasteiger partial charge is 0.167 e. The normalized spacial score (nSPS) is 22.2. The fraction of sp³-hybridized carbons (Fsp3) is 0.519. The van der Waals surface area contributed by atoms with Gasteiger partial charge in [0.2, 0.25) is 0 Å². The number of benzene rings is 2. The Morgan fingerprint density at radius 2 is 2.00 bits per heavy atom. The minimum Gasteiger partial charge on any atom is -0.493 e. The third-order valence-electron chi connectivity index (χ3n) is 7.16. The van der Waals surface area contributed by atoms with Crippen molar-refractivity contribution in [1.82, 2.24) is 20.3 Å². The topological polar surface area (TPSA) is 74.0 Å². The van der Waals surface area contributed by atoms with E-state index in [1.165, 1.54) is 18.4 Å². The summed E-state index contributed by atoms with van der Waals surface area (Å²) in [5.74, 6) is 1.50. The number of ether oxygens (including phenoxy) is 1. The number of piperidine rings is 1. The lowest BCUT2D eigenvalue weighted by Gasteiger charge is -2.38. The fourth-order valence-corrected chi connectivity index (χ4v) is 5.08. The van der Waals surface area contributed by atoms with Gasteiger partial charge in [0, 0.05) is 63.2 Å². The summed E-state index contributed by atoms with van der Waals surface area (Å²) in [7, 11) is 0. The Bertz CT molecular complexity index is 1060. The Hall–Kier alpha value is -2.45. The minimum absolute atomic E-state index is 0.159. The number of hydrogen-bond acceptors (Lipinski definition) is 7. The fourth-order valence-electron chi connectivity index (χ4n) is 5.08. The number of aromatic nitrogens is 1. The highest BCUT2D eigenvalue weighted by Gasteiger charge is 2.26. The zero-order valence-electron chi connectivity index (χ0n) is 20.0. The number of nitrogens with zero attached hydrogens (tertiary/aromatic N) is 3. The third-order valence-corrected chi connectivity index (χ3v) is 7.16. The first-order chi connectivity index (χ1) is 16.6. The van der Waals surface area contributed by atoms with Crippen LogP contribution in [-0.4, -0.2) is 71.5 Å². The van der Waals surface area contributed by atoms with E-state index in [2.05, 4.69) is 57.5 Å². The van der Waals surface area contributed by atoms with Crippen molar-refractivity contribution in [3.05, 3.63) is 59.8 Å². The van der Waals surface area contributed by atoms with E-state index in [-0.39, 0.29) is 6.10 Å². The van der Waals surface area contributed by atoms with Crippen molar-refractivity contribution in [2.75, 3.05) is 39.3 Å². The van der Waals surface area contributed by atoms with Crippen LogP contribution in [-0.2, 0) is 13.1 Å². The molecular formula is C27H36N4O3. The highest BCUT2D eigenvalue weighted by Crippen LogP contribution is 2.24. The molecule has 2 aromatic carbocycles. The molecule has 182 valence electrons. The van der Waals surface area contributed by atoms with Crippen LogP contribution in [0, 0.1) is 5.92 Å². The van der Waals surface area contributed by atoms with E-state index in [0.717, 1.165) is 74.8 Å². The molecule has 3 aromatic rings. The number of hydrogen-bond donors (Lipinski definition) is 2. The Balaban J connectivity index is 1.05. The molecule has 0 unspecified atom stereocenters. The van der Waals surface area contributed by atoms with Gasteiger partial charge in [-0.3, -0.25) is 9.80 Å². The van der Waals surface area contributed by atoms with Crippen LogP contribution >= 0.6 is 0 Å². The molecule has 2 atom stereocenters. The number of aliphatic hydroxyl groups excluding tert-OH is 1. The SMILES string of the molecule is C[C@H]1CC[C@@H](COc2cccc(CN3CC(O)C3)c2)CN1CCNCc1noc2ccccc12. The molecule has 5 rings (SSSR count). The van der Waals surface area contributed by atoms with Crippen LogP contribution in [0.15, 0.2) is 53.1 Å². The molecule has 3 heterocycles. The van der Waals surface area contributed by atoms with Crippen LogP contribution in [0.25, 0.3) is 11.0 Å². The number of β-amino-alcohol motifs (C(OH)–C–C–N with tert-alkyl or cyclic N) is 1. The van der Waals surface area contributed by atoms with E-state index in [1.807, 2.05) is 18.2 Å². The summed E-state index contributed by atoms with van der Waals surface area (Å²) in [5.41, 5.74) is 3.06. The van der Waals surface area contributed by atoms with Gasteiger partial charge >= 0.3 is 0 Å². The summed E-state index contributed by atoms with van der Waals surface area (Å²) in [5, 5.41) is 18.3. The molecule has 0 radical (unpaired) electrons. The minimum atomic E-state index is -0.159. The van der Waals surface area contributed by atoms with Gasteiger partial charge in [0.25, 0.3) is 0 Å². The molecule has 0 aliphatic carbocycles. The molecule has 2 aliphatic rings. The molecule has 7 heteroatoms. The monoisotopic (exact) mass is 464 g/mol. The van der Waals surface area contributed by atoms with Crippen molar-refractivity contribution in [1.29, 1.82) is 0 Å². The Kier molecular flexibility index (Phi) is 7.45. The van der Waals surface area contributed by atoms with Crippen molar-refractivity contribution in [2.24, 2.45) is 5.92 Å². The zero-order chi connectivity index (χ0) is 23.3. The second kappa shape index (κ2) is 10.9. The van der Waals surface area contributed by atoms with Gasteiger partial charge < -0.3 is 19.7 Å². The van der Waals surface area contributed by atoms with Gasteiger partial charge in [-0.15, -0.1) is 0 Å². The molecular weight excluding hydrogens is 428 g/mol. The molecule has 34 heavy (non-hydrogen) atoms. The van der Waals surface area contributed by atoms with Crippen molar-refractivity contribution in [3.8, 4) is 5.75 Å². The second-order valence-electron chi connectivity index (χ2n) is 9.90. The Morgan fingerprint density at radius 1 is 1.12 bits per heavy atom. The average Bonchev–Trinajstić information content (AvgIpc) is 3.24. The number of aliphatic hydroxyl groups is 1. The van der Waals surface area contributed by atoms with Crippen LogP contribution in [0.2, 0.25) is 0 Å². The summed E-state index contributed by atoms with van der Waals surface area (Å²) in [6.45, 7) is 9.24. The van der Waals surface area contributed by atoms with Crippen molar-refractivity contribution in [2.45, 2.75) is 45.0 Å². The van der Waals surface area contributed by atoms with Crippen molar-refractivity contribution < 1.29 is 14.4 Å². The van der Waals surface area contributed by atoms with Gasteiger partial charge in [0.1, 0.15) is 11.4 Å².